The maximum atomic E-state index is 12.5. The molecule has 3 rings (SSSR count). The molecule has 2 aromatic carbocycles. The molecule has 0 aliphatic carbocycles. The number of halogens is 1. The predicted octanol–water partition coefficient (Wildman–Crippen LogP) is 3.01. The van der Waals surface area contributed by atoms with Gasteiger partial charge in [-0.3, -0.25) is 14.9 Å². The second-order valence-corrected chi connectivity index (χ2v) is 6.68. The highest BCUT2D eigenvalue weighted by atomic mass is 35.5. The van der Waals surface area contributed by atoms with E-state index in [-0.39, 0.29) is 17.2 Å². The summed E-state index contributed by atoms with van der Waals surface area (Å²) in [4.78, 5) is 26.6. The predicted molar refractivity (Wildman–Crippen MR) is 102 cm³/mol. The van der Waals surface area contributed by atoms with Crippen molar-refractivity contribution in [1.29, 1.82) is 5.26 Å². The molecular weight excluding hydrogens is 368 g/mol. The van der Waals surface area contributed by atoms with Crippen molar-refractivity contribution in [3.63, 3.8) is 0 Å². The van der Waals surface area contributed by atoms with E-state index >= 15 is 0 Å². The molecule has 0 unspecified atom stereocenters. The van der Waals surface area contributed by atoms with Crippen molar-refractivity contribution in [2.75, 3.05) is 31.1 Å². The number of nitro benzene ring substituents is 1. The normalized spacial score (nSPS) is 13.9. The fraction of sp³-hybridized carbons (Fsp3) is 0.263. The van der Waals surface area contributed by atoms with Gasteiger partial charge in [0.2, 0.25) is 5.91 Å². The summed E-state index contributed by atoms with van der Waals surface area (Å²) in [6.45, 7) is 2.18. The van der Waals surface area contributed by atoms with Crippen molar-refractivity contribution in [3.8, 4) is 6.07 Å². The number of non-ortho nitro benzene ring substituents is 1. The molecule has 0 saturated carbocycles. The van der Waals surface area contributed by atoms with Gasteiger partial charge in [-0.2, -0.15) is 5.26 Å². The Balaban J connectivity index is 1.64. The highest BCUT2D eigenvalue weighted by Gasteiger charge is 2.23. The summed E-state index contributed by atoms with van der Waals surface area (Å²) in [5, 5.41) is 20.8. The molecule has 1 aliphatic heterocycles. The van der Waals surface area contributed by atoms with E-state index in [1.54, 1.807) is 23.1 Å². The van der Waals surface area contributed by atoms with E-state index in [0.29, 0.717) is 43.3 Å². The fourth-order valence-corrected chi connectivity index (χ4v) is 3.35. The average Bonchev–Trinajstić information content (AvgIpc) is 2.67. The highest BCUT2D eigenvalue weighted by Crippen LogP contribution is 2.26. The molecule has 0 aromatic heterocycles. The number of nitriles is 1. The van der Waals surface area contributed by atoms with Gasteiger partial charge in [0.15, 0.2) is 0 Å². The summed E-state index contributed by atoms with van der Waals surface area (Å²) < 4.78 is 0. The number of carbonyl (C=O) groups excluding carboxylic acids is 1. The van der Waals surface area contributed by atoms with Gasteiger partial charge in [-0.1, -0.05) is 23.7 Å². The zero-order valence-corrected chi connectivity index (χ0v) is 15.2. The Kier molecular flexibility index (Phi) is 5.57. The van der Waals surface area contributed by atoms with Crippen LogP contribution < -0.4 is 4.90 Å². The molecule has 1 saturated heterocycles. The van der Waals surface area contributed by atoms with Crippen molar-refractivity contribution in [2.45, 2.75) is 6.42 Å². The van der Waals surface area contributed by atoms with Crippen LogP contribution in [0, 0.1) is 21.4 Å². The number of hydrogen-bond donors (Lipinski definition) is 0. The quantitative estimate of drug-likeness (QED) is 0.597. The Bertz CT molecular complexity index is 917. The Labute approximate surface area is 161 Å². The van der Waals surface area contributed by atoms with E-state index in [1.807, 2.05) is 23.1 Å². The lowest BCUT2D eigenvalue weighted by Crippen LogP contribution is -2.49. The summed E-state index contributed by atoms with van der Waals surface area (Å²) in [5.41, 5.74) is 1.69. The van der Waals surface area contributed by atoms with Crippen molar-refractivity contribution >= 4 is 28.9 Å². The van der Waals surface area contributed by atoms with Crippen LogP contribution in [0.5, 0.6) is 0 Å². The number of nitrogens with zero attached hydrogens (tertiary/aromatic N) is 4. The summed E-state index contributed by atoms with van der Waals surface area (Å²) in [6, 6.07) is 13.5. The van der Waals surface area contributed by atoms with Crippen molar-refractivity contribution in [3.05, 3.63) is 68.7 Å². The second-order valence-electron chi connectivity index (χ2n) is 6.24. The number of carbonyl (C=O) groups is 1. The van der Waals surface area contributed by atoms with Crippen LogP contribution in [0.2, 0.25) is 5.02 Å². The van der Waals surface area contributed by atoms with E-state index in [9.17, 15) is 20.2 Å². The SMILES string of the molecule is N#Cc1cc([N+](=O)[O-])ccc1N1CCN(C(=O)Cc2cccc(Cl)c2)CC1. The molecule has 1 amide bonds. The molecule has 0 N–H and O–H groups in total. The maximum absolute atomic E-state index is 12.5. The minimum Gasteiger partial charge on any atom is -0.367 e. The van der Waals surface area contributed by atoms with Crippen LogP contribution in [0.15, 0.2) is 42.5 Å². The van der Waals surface area contributed by atoms with Gasteiger partial charge in [-0.15, -0.1) is 0 Å². The first kappa shape index (κ1) is 18.7. The Hall–Kier alpha value is -3.11. The lowest BCUT2D eigenvalue weighted by atomic mass is 10.1. The number of rotatable bonds is 4. The summed E-state index contributed by atoms with van der Waals surface area (Å²) >= 11 is 5.96. The molecule has 138 valence electrons. The zero-order valence-electron chi connectivity index (χ0n) is 14.5. The number of hydrogen-bond acceptors (Lipinski definition) is 5. The zero-order chi connectivity index (χ0) is 19.4. The molecule has 2 aromatic rings. The monoisotopic (exact) mass is 384 g/mol. The summed E-state index contributed by atoms with van der Waals surface area (Å²) in [6.07, 6.45) is 0.293. The summed E-state index contributed by atoms with van der Waals surface area (Å²) in [5.74, 6) is 0.0288. The highest BCUT2D eigenvalue weighted by molar-refractivity contribution is 6.30. The van der Waals surface area contributed by atoms with E-state index in [4.69, 9.17) is 11.6 Å². The second kappa shape index (κ2) is 8.06. The van der Waals surface area contributed by atoms with E-state index in [2.05, 4.69) is 0 Å². The molecule has 7 nitrogen and oxygen atoms in total. The topological polar surface area (TPSA) is 90.5 Å². The van der Waals surface area contributed by atoms with Crippen LogP contribution in [0.25, 0.3) is 0 Å². The number of piperazine rings is 1. The molecule has 0 bridgehead atoms. The van der Waals surface area contributed by atoms with Crippen LogP contribution in [-0.4, -0.2) is 41.9 Å². The van der Waals surface area contributed by atoms with Gasteiger partial charge in [-0.25, -0.2) is 0 Å². The molecule has 1 fully saturated rings. The first-order chi connectivity index (χ1) is 13.0. The first-order valence-electron chi connectivity index (χ1n) is 8.43. The standard InChI is InChI=1S/C19H17ClN4O3/c20-16-3-1-2-14(10-16)11-19(25)23-8-6-22(7-9-23)18-5-4-17(24(26)27)12-15(18)13-21/h1-5,10,12H,6-9,11H2. The summed E-state index contributed by atoms with van der Waals surface area (Å²) in [7, 11) is 0. The average molecular weight is 385 g/mol. The number of anilines is 1. The van der Waals surface area contributed by atoms with E-state index in [0.717, 1.165) is 5.56 Å². The van der Waals surface area contributed by atoms with Gasteiger partial charge >= 0.3 is 0 Å². The molecule has 1 heterocycles. The molecular formula is C19H17ClN4O3. The van der Waals surface area contributed by atoms with Gasteiger partial charge in [0.05, 0.1) is 22.6 Å². The lowest BCUT2D eigenvalue weighted by molar-refractivity contribution is -0.384. The van der Waals surface area contributed by atoms with Crippen LogP contribution in [0.4, 0.5) is 11.4 Å². The van der Waals surface area contributed by atoms with Gasteiger partial charge in [0, 0.05) is 43.3 Å². The Morgan fingerprint density at radius 3 is 2.56 bits per heavy atom. The van der Waals surface area contributed by atoms with E-state index < -0.39 is 4.92 Å². The minimum atomic E-state index is -0.517. The molecule has 0 atom stereocenters. The van der Waals surface area contributed by atoms with Gasteiger partial charge < -0.3 is 9.80 Å². The number of amides is 1. The van der Waals surface area contributed by atoms with Crippen LogP contribution in [-0.2, 0) is 11.2 Å². The van der Waals surface area contributed by atoms with Crippen LogP contribution in [0.3, 0.4) is 0 Å². The van der Waals surface area contributed by atoms with Crippen LogP contribution in [0.1, 0.15) is 11.1 Å². The van der Waals surface area contributed by atoms with Crippen molar-refractivity contribution in [2.24, 2.45) is 0 Å². The maximum Gasteiger partial charge on any atom is 0.270 e. The Morgan fingerprint density at radius 1 is 1.19 bits per heavy atom. The molecule has 0 radical (unpaired) electrons. The number of nitro groups is 1. The third-order valence-corrected chi connectivity index (χ3v) is 4.76. The van der Waals surface area contributed by atoms with Crippen LogP contribution >= 0.6 is 11.6 Å². The smallest absolute Gasteiger partial charge is 0.270 e. The third kappa shape index (κ3) is 4.36. The molecule has 27 heavy (non-hydrogen) atoms. The van der Waals surface area contributed by atoms with E-state index in [1.165, 1.54) is 12.1 Å². The lowest BCUT2D eigenvalue weighted by Gasteiger charge is -2.36. The van der Waals surface area contributed by atoms with Gasteiger partial charge in [0.1, 0.15) is 6.07 Å². The molecule has 0 spiro atoms. The molecule has 8 heteroatoms. The van der Waals surface area contributed by atoms with Crippen molar-refractivity contribution < 1.29 is 9.72 Å². The fourth-order valence-electron chi connectivity index (χ4n) is 3.13. The molecule has 1 aliphatic rings. The number of benzene rings is 2. The van der Waals surface area contributed by atoms with Crippen molar-refractivity contribution in [1.82, 2.24) is 4.90 Å². The van der Waals surface area contributed by atoms with Gasteiger partial charge in [-0.05, 0) is 23.8 Å². The van der Waals surface area contributed by atoms with Gasteiger partial charge in [0.25, 0.3) is 5.69 Å². The largest absolute Gasteiger partial charge is 0.367 e. The third-order valence-electron chi connectivity index (χ3n) is 4.53. The first-order valence-corrected chi connectivity index (χ1v) is 8.81. The minimum absolute atomic E-state index is 0.0288. The Morgan fingerprint density at radius 2 is 1.93 bits per heavy atom.